The summed E-state index contributed by atoms with van der Waals surface area (Å²) in [7, 11) is 0. The van der Waals surface area contributed by atoms with Gasteiger partial charge >= 0.3 is 5.97 Å². The lowest BCUT2D eigenvalue weighted by Gasteiger charge is -2.14. The largest absolute Gasteiger partial charge is 0.480 e. The van der Waals surface area contributed by atoms with E-state index in [2.05, 4.69) is 24.5 Å². The zero-order valence-corrected chi connectivity index (χ0v) is 19.5. The van der Waals surface area contributed by atoms with Crippen LogP contribution in [0.15, 0.2) is 0 Å². The quantitative estimate of drug-likeness (QED) is 0.216. The molecule has 0 heterocycles. The van der Waals surface area contributed by atoms with Gasteiger partial charge in [0.1, 0.15) is 6.04 Å². The number of carboxylic acids is 1. The second-order valence-electron chi connectivity index (χ2n) is 8.34. The molecule has 0 aromatic carbocycles. The monoisotopic (exact) mass is 426 g/mol. The normalized spacial score (nSPS) is 11.8. The van der Waals surface area contributed by atoms with Crippen LogP contribution in [0.2, 0.25) is 0 Å². The molecule has 30 heavy (non-hydrogen) atoms. The molecule has 1 atom stereocenters. The van der Waals surface area contributed by atoms with E-state index >= 15 is 0 Å². The predicted octanol–water partition coefficient (Wildman–Crippen LogP) is 5.34. The summed E-state index contributed by atoms with van der Waals surface area (Å²) in [6.07, 6.45) is 16.6. The van der Waals surface area contributed by atoms with Gasteiger partial charge in [0.25, 0.3) is 0 Å². The Hall–Kier alpha value is -1.59. The Morgan fingerprint density at radius 1 is 0.667 bits per heavy atom. The van der Waals surface area contributed by atoms with Gasteiger partial charge in [-0.1, -0.05) is 78.1 Å². The van der Waals surface area contributed by atoms with Crippen molar-refractivity contribution in [3.8, 4) is 0 Å². The van der Waals surface area contributed by atoms with Crippen molar-refractivity contribution in [2.75, 3.05) is 6.54 Å². The van der Waals surface area contributed by atoms with E-state index in [1.54, 1.807) is 0 Å². The molecule has 0 aliphatic heterocycles. The van der Waals surface area contributed by atoms with Crippen LogP contribution in [0, 0.1) is 0 Å². The summed E-state index contributed by atoms with van der Waals surface area (Å²) < 4.78 is 0. The highest BCUT2D eigenvalue weighted by molar-refractivity contribution is 5.83. The van der Waals surface area contributed by atoms with Crippen molar-refractivity contribution in [3.63, 3.8) is 0 Å². The lowest BCUT2D eigenvalue weighted by Crippen LogP contribution is -2.40. The van der Waals surface area contributed by atoms with E-state index in [0.717, 1.165) is 38.5 Å². The summed E-state index contributed by atoms with van der Waals surface area (Å²) in [5, 5.41) is 14.8. The summed E-state index contributed by atoms with van der Waals surface area (Å²) in [5.74, 6) is -1.10. The van der Waals surface area contributed by atoms with Gasteiger partial charge in [0.05, 0.1) is 0 Å². The van der Waals surface area contributed by atoms with E-state index in [1.165, 1.54) is 44.9 Å². The van der Waals surface area contributed by atoms with E-state index in [1.807, 2.05) is 0 Å². The third-order valence-corrected chi connectivity index (χ3v) is 5.39. The standard InChI is InChI=1S/C24H46N2O4/c1-3-5-7-8-9-10-11-12-14-18-22(27)25-20-16-15-17-21(24(29)30)26-23(28)19-13-6-4-2/h21H,3-20H2,1-2H3,(H,25,27)(H,26,28)(H,29,30)/t21-/m0/s1. The number of aliphatic carboxylic acids is 1. The summed E-state index contributed by atoms with van der Waals surface area (Å²) >= 11 is 0. The average molecular weight is 427 g/mol. The van der Waals surface area contributed by atoms with Gasteiger partial charge in [-0.05, 0) is 32.1 Å². The zero-order chi connectivity index (χ0) is 22.5. The molecule has 0 aromatic rings. The minimum atomic E-state index is -0.992. The van der Waals surface area contributed by atoms with Crippen molar-refractivity contribution < 1.29 is 19.5 Å². The molecule has 6 nitrogen and oxygen atoms in total. The van der Waals surface area contributed by atoms with E-state index in [0.29, 0.717) is 32.2 Å². The number of hydrogen-bond acceptors (Lipinski definition) is 3. The number of carboxylic acid groups (broad SMARTS) is 1. The second kappa shape index (κ2) is 20.7. The molecule has 2 amide bonds. The van der Waals surface area contributed by atoms with E-state index in [4.69, 9.17) is 0 Å². The molecule has 0 saturated heterocycles. The second-order valence-corrected chi connectivity index (χ2v) is 8.34. The van der Waals surface area contributed by atoms with Gasteiger partial charge in [-0.15, -0.1) is 0 Å². The van der Waals surface area contributed by atoms with E-state index < -0.39 is 12.0 Å². The average Bonchev–Trinajstić information content (AvgIpc) is 2.71. The van der Waals surface area contributed by atoms with Crippen molar-refractivity contribution in [2.24, 2.45) is 0 Å². The highest BCUT2D eigenvalue weighted by atomic mass is 16.4. The van der Waals surface area contributed by atoms with Crippen LogP contribution < -0.4 is 10.6 Å². The van der Waals surface area contributed by atoms with Gasteiger partial charge in [-0.3, -0.25) is 9.59 Å². The number of hydrogen-bond donors (Lipinski definition) is 3. The molecule has 0 spiro atoms. The number of nitrogens with one attached hydrogen (secondary N) is 2. The van der Waals surface area contributed by atoms with E-state index in [9.17, 15) is 19.5 Å². The number of carbonyl (C=O) groups is 3. The fourth-order valence-corrected chi connectivity index (χ4v) is 3.45. The summed E-state index contributed by atoms with van der Waals surface area (Å²) in [4.78, 5) is 35.0. The van der Waals surface area contributed by atoms with Crippen LogP contribution in [0.5, 0.6) is 0 Å². The van der Waals surface area contributed by atoms with Crippen LogP contribution in [0.1, 0.15) is 123 Å². The van der Waals surface area contributed by atoms with Gasteiger partial charge in [-0.25, -0.2) is 4.79 Å². The number of amides is 2. The highest BCUT2D eigenvalue weighted by Crippen LogP contribution is 2.10. The predicted molar refractivity (Wildman–Crippen MR) is 122 cm³/mol. The van der Waals surface area contributed by atoms with Gasteiger partial charge in [0.2, 0.25) is 11.8 Å². The van der Waals surface area contributed by atoms with Crippen LogP contribution >= 0.6 is 0 Å². The van der Waals surface area contributed by atoms with Crippen molar-refractivity contribution in [1.29, 1.82) is 0 Å². The number of rotatable bonds is 21. The lowest BCUT2D eigenvalue weighted by atomic mass is 10.1. The molecule has 0 bridgehead atoms. The van der Waals surface area contributed by atoms with Crippen LogP contribution in [-0.4, -0.2) is 35.5 Å². The molecule has 0 aliphatic carbocycles. The fraction of sp³-hybridized carbons (Fsp3) is 0.875. The first-order chi connectivity index (χ1) is 14.5. The van der Waals surface area contributed by atoms with Gasteiger partial charge in [0.15, 0.2) is 0 Å². The molecule has 176 valence electrons. The van der Waals surface area contributed by atoms with Gasteiger partial charge < -0.3 is 15.7 Å². The van der Waals surface area contributed by atoms with Crippen molar-refractivity contribution in [1.82, 2.24) is 10.6 Å². The zero-order valence-electron chi connectivity index (χ0n) is 19.5. The van der Waals surface area contributed by atoms with Crippen molar-refractivity contribution in [2.45, 2.75) is 129 Å². The lowest BCUT2D eigenvalue weighted by molar-refractivity contribution is -0.142. The van der Waals surface area contributed by atoms with Crippen LogP contribution in [0.3, 0.4) is 0 Å². The minimum Gasteiger partial charge on any atom is -0.480 e. The molecule has 0 unspecified atom stereocenters. The van der Waals surface area contributed by atoms with Crippen LogP contribution in [-0.2, 0) is 14.4 Å². The molecule has 6 heteroatoms. The Morgan fingerprint density at radius 3 is 1.77 bits per heavy atom. The van der Waals surface area contributed by atoms with Gasteiger partial charge in [0, 0.05) is 19.4 Å². The topological polar surface area (TPSA) is 95.5 Å². The van der Waals surface area contributed by atoms with Crippen molar-refractivity contribution in [3.05, 3.63) is 0 Å². The first kappa shape index (κ1) is 28.4. The Bertz CT molecular complexity index is 454. The maximum absolute atomic E-state index is 11.9. The number of carbonyl (C=O) groups excluding carboxylic acids is 2. The molecular formula is C24H46N2O4. The van der Waals surface area contributed by atoms with Gasteiger partial charge in [-0.2, -0.15) is 0 Å². The smallest absolute Gasteiger partial charge is 0.326 e. The summed E-state index contributed by atoms with van der Waals surface area (Å²) in [6, 6.07) is -0.836. The molecule has 0 aromatic heterocycles. The maximum Gasteiger partial charge on any atom is 0.326 e. The molecule has 0 rings (SSSR count). The molecule has 0 saturated carbocycles. The molecule has 3 N–H and O–H groups in total. The highest BCUT2D eigenvalue weighted by Gasteiger charge is 2.19. The SMILES string of the molecule is CCCCCCCCCCCC(=O)NCCCC[C@H](NC(=O)CCCCC)C(=O)O. The van der Waals surface area contributed by atoms with Crippen LogP contribution in [0.25, 0.3) is 0 Å². The minimum absolute atomic E-state index is 0.0805. The first-order valence-corrected chi connectivity index (χ1v) is 12.3. The Labute approximate surface area is 184 Å². The Balaban J connectivity index is 3.66. The summed E-state index contributed by atoms with van der Waals surface area (Å²) in [5.41, 5.74) is 0. The Morgan fingerprint density at radius 2 is 1.17 bits per heavy atom. The van der Waals surface area contributed by atoms with Crippen molar-refractivity contribution >= 4 is 17.8 Å². The summed E-state index contributed by atoms with van der Waals surface area (Å²) in [6.45, 7) is 4.86. The molecule has 0 radical (unpaired) electrons. The van der Waals surface area contributed by atoms with Crippen LogP contribution in [0.4, 0.5) is 0 Å². The third kappa shape index (κ3) is 18.4. The maximum atomic E-state index is 11.9. The molecular weight excluding hydrogens is 380 g/mol. The molecule has 0 fully saturated rings. The third-order valence-electron chi connectivity index (χ3n) is 5.39. The number of unbranched alkanes of at least 4 members (excludes halogenated alkanes) is 11. The van der Waals surface area contributed by atoms with E-state index in [-0.39, 0.29) is 11.8 Å². The first-order valence-electron chi connectivity index (χ1n) is 12.3. The fourth-order valence-electron chi connectivity index (χ4n) is 3.45. The Kier molecular flexibility index (Phi) is 19.6. The molecule has 0 aliphatic rings.